The molecule has 2 aromatic carbocycles. The van der Waals surface area contributed by atoms with Crippen molar-refractivity contribution in [3.05, 3.63) is 65.0 Å². The zero-order valence-electron chi connectivity index (χ0n) is 13.0. The third kappa shape index (κ3) is 4.32. The lowest BCUT2D eigenvalue weighted by atomic mass is 10.1. The van der Waals surface area contributed by atoms with Gasteiger partial charge >= 0.3 is 0 Å². The molecule has 0 heterocycles. The average Bonchev–Trinajstić information content (AvgIpc) is 2.49. The number of benzene rings is 2. The highest BCUT2D eigenvalue weighted by molar-refractivity contribution is 5.80. The Hall–Kier alpha value is -2.36. The first-order chi connectivity index (χ1) is 10.5. The van der Waals surface area contributed by atoms with E-state index in [4.69, 9.17) is 4.74 Å². The van der Waals surface area contributed by atoms with Gasteiger partial charge in [0.2, 0.25) is 0 Å². The third-order valence-corrected chi connectivity index (χ3v) is 3.38. The molecular formula is C18H20FNO2. The van der Waals surface area contributed by atoms with Crippen LogP contribution in [0.5, 0.6) is 5.75 Å². The van der Waals surface area contributed by atoms with Crippen LogP contribution in [0.25, 0.3) is 0 Å². The minimum atomic E-state index is -0.596. The molecule has 0 unspecified atom stereocenters. The van der Waals surface area contributed by atoms with Crippen molar-refractivity contribution in [3.63, 3.8) is 0 Å². The monoisotopic (exact) mass is 301 g/mol. The van der Waals surface area contributed by atoms with Crippen LogP contribution in [0.4, 0.5) is 4.39 Å². The maximum Gasteiger partial charge on any atom is 0.261 e. The zero-order valence-corrected chi connectivity index (χ0v) is 13.0. The van der Waals surface area contributed by atoms with E-state index in [9.17, 15) is 9.18 Å². The number of amides is 1. The number of carbonyl (C=O) groups is 1. The molecular weight excluding hydrogens is 281 g/mol. The van der Waals surface area contributed by atoms with E-state index < -0.39 is 6.10 Å². The summed E-state index contributed by atoms with van der Waals surface area (Å²) in [7, 11) is 0. The number of hydrogen-bond donors (Lipinski definition) is 1. The topological polar surface area (TPSA) is 38.3 Å². The lowest BCUT2D eigenvalue weighted by Gasteiger charge is -2.16. The molecule has 0 aliphatic heterocycles. The predicted octanol–water partition coefficient (Wildman–Crippen LogP) is 3.53. The quantitative estimate of drug-likeness (QED) is 0.917. The molecule has 0 aromatic heterocycles. The number of rotatable bonds is 5. The van der Waals surface area contributed by atoms with Crippen molar-refractivity contribution in [2.45, 2.75) is 33.4 Å². The molecule has 1 atom stereocenters. The molecule has 0 saturated heterocycles. The Morgan fingerprint density at radius 2 is 1.86 bits per heavy atom. The van der Waals surface area contributed by atoms with Gasteiger partial charge in [-0.2, -0.15) is 0 Å². The Morgan fingerprint density at radius 3 is 2.50 bits per heavy atom. The molecule has 0 saturated carbocycles. The van der Waals surface area contributed by atoms with Gasteiger partial charge in [-0.15, -0.1) is 0 Å². The number of hydrogen-bond acceptors (Lipinski definition) is 2. The van der Waals surface area contributed by atoms with Crippen molar-refractivity contribution in [2.24, 2.45) is 0 Å². The molecule has 116 valence electrons. The lowest BCUT2D eigenvalue weighted by molar-refractivity contribution is -0.127. The zero-order chi connectivity index (χ0) is 16.1. The van der Waals surface area contributed by atoms with E-state index in [0.717, 1.165) is 16.7 Å². The van der Waals surface area contributed by atoms with E-state index in [0.29, 0.717) is 12.3 Å². The van der Waals surface area contributed by atoms with Crippen LogP contribution in [-0.4, -0.2) is 12.0 Å². The van der Waals surface area contributed by atoms with E-state index in [-0.39, 0.29) is 11.7 Å². The third-order valence-electron chi connectivity index (χ3n) is 3.38. The normalized spacial score (nSPS) is 11.8. The number of nitrogens with one attached hydrogen (secondary N) is 1. The van der Waals surface area contributed by atoms with Gasteiger partial charge in [0, 0.05) is 6.54 Å². The highest BCUT2D eigenvalue weighted by atomic mass is 19.1. The lowest BCUT2D eigenvalue weighted by Crippen LogP contribution is -2.36. The Kier molecular flexibility index (Phi) is 5.15. The van der Waals surface area contributed by atoms with E-state index in [1.54, 1.807) is 19.1 Å². The maximum atomic E-state index is 12.8. The van der Waals surface area contributed by atoms with E-state index in [1.807, 2.05) is 32.0 Å². The number of aryl methyl sites for hydroxylation is 2. The Labute approximate surface area is 130 Å². The number of ether oxygens (including phenoxy) is 1. The Bertz CT molecular complexity index is 653. The molecule has 0 fully saturated rings. The smallest absolute Gasteiger partial charge is 0.261 e. The molecule has 1 N–H and O–H groups in total. The van der Waals surface area contributed by atoms with Crippen LogP contribution in [0.15, 0.2) is 42.5 Å². The molecule has 4 heteroatoms. The summed E-state index contributed by atoms with van der Waals surface area (Å²) in [4.78, 5) is 12.1. The van der Waals surface area contributed by atoms with Gasteiger partial charge in [-0.05, 0) is 50.1 Å². The Balaban J connectivity index is 1.90. The van der Waals surface area contributed by atoms with Crippen LogP contribution in [0.2, 0.25) is 0 Å². The molecule has 3 nitrogen and oxygen atoms in total. The first-order valence-corrected chi connectivity index (χ1v) is 7.22. The summed E-state index contributed by atoms with van der Waals surface area (Å²) < 4.78 is 18.5. The second-order valence-corrected chi connectivity index (χ2v) is 5.37. The van der Waals surface area contributed by atoms with E-state index in [1.165, 1.54) is 12.1 Å². The number of carbonyl (C=O) groups excluding carboxylic acids is 1. The van der Waals surface area contributed by atoms with Crippen molar-refractivity contribution in [2.75, 3.05) is 0 Å². The Morgan fingerprint density at radius 1 is 1.18 bits per heavy atom. The first-order valence-electron chi connectivity index (χ1n) is 7.22. The van der Waals surface area contributed by atoms with Gasteiger partial charge in [0.15, 0.2) is 6.10 Å². The van der Waals surface area contributed by atoms with E-state index in [2.05, 4.69) is 5.32 Å². The van der Waals surface area contributed by atoms with Gasteiger partial charge in [-0.25, -0.2) is 4.39 Å². The van der Waals surface area contributed by atoms with Gasteiger partial charge in [-0.3, -0.25) is 4.79 Å². The largest absolute Gasteiger partial charge is 0.481 e. The molecule has 0 radical (unpaired) electrons. The van der Waals surface area contributed by atoms with Crippen LogP contribution in [0.3, 0.4) is 0 Å². The van der Waals surface area contributed by atoms with Crippen molar-refractivity contribution in [1.29, 1.82) is 0 Å². The molecule has 1 amide bonds. The highest BCUT2D eigenvalue weighted by Gasteiger charge is 2.15. The summed E-state index contributed by atoms with van der Waals surface area (Å²) in [5.41, 5.74) is 2.99. The first kappa shape index (κ1) is 16.0. The van der Waals surface area contributed by atoms with Crippen LogP contribution in [0.1, 0.15) is 23.6 Å². The summed E-state index contributed by atoms with van der Waals surface area (Å²) >= 11 is 0. The van der Waals surface area contributed by atoms with Crippen molar-refractivity contribution in [3.8, 4) is 5.75 Å². The molecule has 22 heavy (non-hydrogen) atoms. The summed E-state index contributed by atoms with van der Waals surface area (Å²) in [5.74, 6) is 0.209. The SMILES string of the molecule is Cc1ccc(O[C@@H](C)C(=O)NCc2ccc(F)cc2)c(C)c1. The molecule has 0 aliphatic rings. The van der Waals surface area contributed by atoms with Gasteiger partial charge in [0.1, 0.15) is 11.6 Å². The second kappa shape index (κ2) is 7.07. The van der Waals surface area contributed by atoms with Gasteiger partial charge in [-0.1, -0.05) is 29.8 Å². The van der Waals surface area contributed by atoms with E-state index >= 15 is 0 Å². The molecule has 2 rings (SSSR count). The fourth-order valence-electron chi connectivity index (χ4n) is 2.11. The summed E-state index contributed by atoms with van der Waals surface area (Å²) in [6, 6.07) is 11.9. The highest BCUT2D eigenvalue weighted by Crippen LogP contribution is 2.20. The second-order valence-electron chi connectivity index (χ2n) is 5.37. The van der Waals surface area contributed by atoms with Gasteiger partial charge in [0.05, 0.1) is 0 Å². The van der Waals surface area contributed by atoms with Crippen LogP contribution in [0, 0.1) is 19.7 Å². The van der Waals surface area contributed by atoms with Crippen LogP contribution < -0.4 is 10.1 Å². The van der Waals surface area contributed by atoms with Crippen LogP contribution in [-0.2, 0) is 11.3 Å². The molecule has 2 aromatic rings. The standard InChI is InChI=1S/C18H20FNO2/c1-12-4-9-17(13(2)10-12)22-14(3)18(21)20-11-15-5-7-16(19)8-6-15/h4-10,14H,11H2,1-3H3,(H,20,21)/t14-/m0/s1. The summed E-state index contributed by atoms with van der Waals surface area (Å²) in [5, 5.41) is 2.78. The summed E-state index contributed by atoms with van der Waals surface area (Å²) in [6.07, 6.45) is -0.596. The summed E-state index contributed by atoms with van der Waals surface area (Å²) in [6.45, 7) is 6.01. The number of halogens is 1. The fraction of sp³-hybridized carbons (Fsp3) is 0.278. The van der Waals surface area contributed by atoms with Crippen LogP contribution >= 0.6 is 0 Å². The molecule has 0 bridgehead atoms. The minimum absolute atomic E-state index is 0.204. The van der Waals surface area contributed by atoms with Crippen molar-refractivity contribution >= 4 is 5.91 Å². The predicted molar refractivity (Wildman–Crippen MR) is 84.3 cm³/mol. The van der Waals surface area contributed by atoms with Crippen molar-refractivity contribution in [1.82, 2.24) is 5.32 Å². The van der Waals surface area contributed by atoms with Gasteiger partial charge < -0.3 is 10.1 Å². The fourth-order valence-corrected chi connectivity index (χ4v) is 2.11. The minimum Gasteiger partial charge on any atom is -0.481 e. The molecule has 0 aliphatic carbocycles. The van der Waals surface area contributed by atoms with Crippen molar-refractivity contribution < 1.29 is 13.9 Å². The molecule has 0 spiro atoms. The maximum absolute atomic E-state index is 12.8. The van der Waals surface area contributed by atoms with Gasteiger partial charge in [0.25, 0.3) is 5.91 Å². The average molecular weight is 301 g/mol.